The van der Waals surface area contributed by atoms with E-state index in [4.69, 9.17) is 10.5 Å². The van der Waals surface area contributed by atoms with E-state index >= 15 is 0 Å². The van der Waals surface area contributed by atoms with Crippen LogP contribution in [-0.4, -0.2) is 32.8 Å². The molecule has 0 aliphatic rings. The minimum atomic E-state index is -4.13. The number of carbonyl (C=O) groups is 3. The molecule has 4 N–H and O–H groups in total. The van der Waals surface area contributed by atoms with Crippen molar-refractivity contribution in [1.29, 1.82) is 0 Å². The van der Waals surface area contributed by atoms with E-state index in [1.807, 2.05) is 0 Å². The van der Waals surface area contributed by atoms with Gasteiger partial charge < -0.3 is 15.8 Å². The summed E-state index contributed by atoms with van der Waals surface area (Å²) in [5, 5.41) is 4.20. The van der Waals surface area contributed by atoms with Crippen LogP contribution >= 0.6 is 11.3 Å². The Bertz CT molecular complexity index is 1340. The van der Waals surface area contributed by atoms with E-state index in [1.54, 1.807) is 5.38 Å². The fraction of sp³-hybridized carbons (Fsp3) is 0.0952. The number of anilines is 2. The van der Waals surface area contributed by atoms with Crippen molar-refractivity contribution in [2.24, 2.45) is 5.73 Å². The van der Waals surface area contributed by atoms with Gasteiger partial charge in [0.05, 0.1) is 21.7 Å². The fourth-order valence-electron chi connectivity index (χ4n) is 2.71. The van der Waals surface area contributed by atoms with Crippen molar-refractivity contribution in [3.8, 4) is 0 Å². The molecular formula is C21H18FN3O6S2. The van der Waals surface area contributed by atoms with Crippen LogP contribution < -0.4 is 15.8 Å². The van der Waals surface area contributed by atoms with Crippen molar-refractivity contribution >= 4 is 49.8 Å². The number of amides is 2. The van der Waals surface area contributed by atoms with E-state index < -0.39 is 40.2 Å². The molecule has 3 aromatic rings. The molecule has 33 heavy (non-hydrogen) atoms. The summed E-state index contributed by atoms with van der Waals surface area (Å²) in [5.41, 5.74) is 5.25. The SMILES string of the molecule is Cc1cc(S(=O)(=O)Nc2ccccc2C(=O)OCC(=O)Nc2sccc2C(N)=O)ccc1F. The number of sulfonamides is 1. The zero-order valence-corrected chi connectivity index (χ0v) is 18.8. The first-order valence-corrected chi connectivity index (χ1v) is 11.7. The third kappa shape index (κ3) is 5.73. The van der Waals surface area contributed by atoms with Crippen LogP contribution in [0.5, 0.6) is 0 Å². The number of rotatable bonds is 8. The van der Waals surface area contributed by atoms with Crippen LogP contribution in [0.4, 0.5) is 15.1 Å². The number of aryl methyl sites for hydroxylation is 1. The largest absolute Gasteiger partial charge is 0.452 e. The molecule has 0 fully saturated rings. The Morgan fingerprint density at radius 2 is 1.82 bits per heavy atom. The first-order chi connectivity index (χ1) is 15.6. The van der Waals surface area contributed by atoms with Crippen molar-refractivity contribution in [3.05, 3.63) is 76.4 Å². The Balaban J connectivity index is 1.71. The maximum absolute atomic E-state index is 13.5. The van der Waals surface area contributed by atoms with Gasteiger partial charge in [0, 0.05) is 0 Å². The summed E-state index contributed by atoms with van der Waals surface area (Å²) in [7, 11) is -4.13. The number of thiophene rings is 1. The third-order valence-electron chi connectivity index (χ3n) is 4.35. The second-order valence-corrected chi connectivity index (χ2v) is 9.31. The van der Waals surface area contributed by atoms with Gasteiger partial charge in [0.25, 0.3) is 21.8 Å². The summed E-state index contributed by atoms with van der Waals surface area (Å²) < 4.78 is 46.1. The highest BCUT2D eigenvalue weighted by molar-refractivity contribution is 7.92. The molecule has 0 atom stereocenters. The summed E-state index contributed by atoms with van der Waals surface area (Å²) in [6.45, 7) is 0.737. The van der Waals surface area contributed by atoms with Crippen LogP contribution in [-0.2, 0) is 19.6 Å². The number of hydrogen-bond donors (Lipinski definition) is 3. The fourth-order valence-corrected chi connectivity index (χ4v) is 4.68. The second kappa shape index (κ2) is 9.79. The van der Waals surface area contributed by atoms with E-state index in [1.165, 1.54) is 37.3 Å². The quantitative estimate of drug-likeness (QED) is 0.413. The lowest BCUT2D eigenvalue weighted by molar-refractivity contribution is -0.119. The molecule has 2 amide bonds. The maximum atomic E-state index is 13.5. The monoisotopic (exact) mass is 491 g/mol. The molecule has 0 aliphatic carbocycles. The highest BCUT2D eigenvalue weighted by Crippen LogP contribution is 2.24. The third-order valence-corrected chi connectivity index (χ3v) is 6.54. The van der Waals surface area contributed by atoms with Crippen molar-refractivity contribution < 1.29 is 31.9 Å². The summed E-state index contributed by atoms with van der Waals surface area (Å²) in [5.74, 6) is -2.95. The van der Waals surface area contributed by atoms with Gasteiger partial charge in [0.2, 0.25) is 0 Å². The molecule has 12 heteroatoms. The maximum Gasteiger partial charge on any atom is 0.340 e. The minimum Gasteiger partial charge on any atom is -0.452 e. The van der Waals surface area contributed by atoms with E-state index in [0.717, 1.165) is 29.5 Å². The Hall–Kier alpha value is -3.77. The Kier molecular flexibility index (Phi) is 7.09. The van der Waals surface area contributed by atoms with Crippen LogP contribution in [0.2, 0.25) is 0 Å². The van der Waals surface area contributed by atoms with Crippen LogP contribution in [0.3, 0.4) is 0 Å². The van der Waals surface area contributed by atoms with E-state index in [2.05, 4.69) is 10.0 Å². The van der Waals surface area contributed by atoms with Gasteiger partial charge >= 0.3 is 5.97 Å². The number of nitrogens with one attached hydrogen (secondary N) is 2. The second-order valence-electron chi connectivity index (χ2n) is 6.71. The first-order valence-electron chi connectivity index (χ1n) is 9.31. The van der Waals surface area contributed by atoms with Gasteiger partial charge in [-0.2, -0.15) is 0 Å². The van der Waals surface area contributed by atoms with Gasteiger partial charge in [-0.25, -0.2) is 17.6 Å². The molecular weight excluding hydrogens is 473 g/mol. The molecule has 0 bridgehead atoms. The zero-order valence-electron chi connectivity index (χ0n) is 17.1. The van der Waals surface area contributed by atoms with Gasteiger partial charge in [0.15, 0.2) is 6.61 Å². The normalized spacial score (nSPS) is 11.0. The highest BCUT2D eigenvalue weighted by atomic mass is 32.2. The Morgan fingerprint density at radius 1 is 1.09 bits per heavy atom. The van der Waals surface area contributed by atoms with Gasteiger partial charge in [-0.15, -0.1) is 11.3 Å². The highest BCUT2D eigenvalue weighted by Gasteiger charge is 2.21. The lowest BCUT2D eigenvalue weighted by atomic mass is 10.2. The topological polar surface area (TPSA) is 145 Å². The molecule has 2 aromatic carbocycles. The Morgan fingerprint density at radius 3 is 2.52 bits per heavy atom. The number of carbonyl (C=O) groups excluding carboxylic acids is 3. The average molecular weight is 492 g/mol. The van der Waals surface area contributed by atoms with E-state index in [-0.39, 0.29) is 32.3 Å². The number of nitrogens with two attached hydrogens (primary N) is 1. The lowest BCUT2D eigenvalue weighted by Crippen LogP contribution is -2.23. The first kappa shape index (κ1) is 23.9. The standard InChI is InChI=1S/C21H18FN3O6S2/c1-12-10-13(6-7-16(12)22)33(29,30)25-17-5-3-2-4-14(17)21(28)31-11-18(26)24-20-15(19(23)27)8-9-32-20/h2-10,25H,11H2,1H3,(H2,23,27)(H,24,26). The molecule has 0 saturated heterocycles. The summed E-state index contributed by atoms with van der Waals surface area (Å²) >= 11 is 1.07. The Labute approximate surface area is 192 Å². The number of esters is 1. The number of para-hydroxylation sites is 1. The molecule has 0 saturated carbocycles. The molecule has 9 nitrogen and oxygen atoms in total. The van der Waals surface area contributed by atoms with Crippen LogP contribution in [0.15, 0.2) is 58.8 Å². The van der Waals surface area contributed by atoms with E-state index in [9.17, 15) is 27.2 Å². The van der Waals surface area contributed by atoms with Crippen molar-refractivity contribution in [2.45, 2.75) is 11.8 Å². The number of hydrogen-bond acceptors (Lipinski definition) is 7. The molecule has 0 radical (unpaired) electrons. The van der Waals surface area contributed by atoms with Gasteiger partial charge in [-0.1, -0.05) is 12.1 Å². The smallest absolute Gasteiger partial charge is 0.340 e. The summed E-state index contributed by atoms with van der Waals surface area (Å²) in [4.78, 5) is 35.7. The number of ether oxygens (including phenoxy) is 1. The number of benzene rings is 2. The van der Waals surface area contributed by atoms with Gasteiger partial charge in [0.1, 0.15) is 10.8 Å². The average Bonchev–Trinajstić information content (AvgIpc) is 3.22. The molecule has 0 unspecified atom stereocenters. The molecule has 1 aromatic heterocycles. The number of halogens is 1. The number of primary amides is 1. The molecule has 0 aliphatic heterocycles. The van der Waals surface area contributed by atoms with Crippen LogP contribution in [0.25, 0.3) is 0 Å². The van der Waals surface area contributed by atoms with Crippen LogP contribution in [0, 0.1) is 12.7 Å². The predicted molar refractivity (Wildman–Crippen MR) is 120 cm³/mol. The van der Waals surface area contributed by atoms with Gasteiger partial charge in [-0.3, -0.25) is 14.3 Å². The zero-order chi connectivity index (χ0) is 24.2. The van der Waals surface area contributed by atoms with Crippen molar-refractivity contribution in [3.63, 3.8) is 0 Å². The molecule has 172 valence electrons. The predicted octanol–water partition coefficient (Wildman–Crippen LogP) is 2.89. The summed E-state index contributed by atoms with van der Waals surface area (Å²) in [6, 6.07) is 10.4. The van der Waals surface area contributed by atoms with Crippen molar-refractivity contribution in [2.75, 3.05) is 16.6 Å². The van der Waals surface area contributed by atoms with Crippen LogP contribution in [0.1, 0.15) is 26.3 Å². The lowest BCUT2D eigenvalue weighted by Gasteiger charge is -2.13. The summed E-state index contributed by atoms with van der Waals surface area (Å²) in [6.07, 6.45) is 0. The molecule has 0 spiro atoms. The van der Waals surface area contributed by atoms with Gasteiger partial charge in [-0.05, 0) is 54.3 Å². The molecule has 1 heterocycles. The van der Waals surface area contributed by atoms with Crippen molar-refractivity contribution in [1.82, 2.24) is 0 Å². The van der Waals surface area contributed by atoms with E-state index in [0.29, 0.717) is 0 Å². The minimum absolute atomic E-state index is 0.0841. The molecule has 3 rings (SSSR count).